The molecule has 0 aromatic carbocycles. The number of nitrogens with one attached hydrogen (secondary N) is 1. The first-order chi connectivity index (χ1) is 8.74. The van der Waals surface area contributed by atoms with Crippen molar-refractivity contribution in [1.29, 1.82) is 0 Å². The van der Waals surface area contributed by atoms with Gasteiger partial charge in [-0.25, -0.2) is 4.98 Å². The second-order valence-corrected chi connectivity index (χ2v) is 4.95. The molecular formula is C12H10BrN3O2. The van der Waals surface area contributed by atoms with Crippen molar-refractivity contribution in [3.63, 3.8) is 0 Å². The summed E-state index contributed by atoms with van der Waals surface area (Å²) in [6.07, 6.45) is 4.04. The van der Waals surface area contributed by atoms with Crippen LogP contribution in [-0.4, -0.2) is 21.6 Å². The first-order valence-corrected chi connectivity index (χ1v) is 6.34. The van der Waals surface area contributed by atoms with Gasteiger partial charge in [0.2, 0.25) is 0 Å². The molecule has 2 aromatic heterocycles. The van der Waals surface area contributed by atoms with Crippen molar-refractivity contribution >= 4 is 15.9 Å². The summed E-state index contributed by atoms with van der Waals surface area (Å²) in [4.78, 5) is 23.3. The van der Waals surface area contributed by atoms with Gasteiger partial charge in [-0.05, 0) is 22.0 Å². The Morgan fingerprint density at radius 1 is 1.39 bits per heavy atom. The van der Waals surface area contributed by atoms with Gasteiger partial charge in [-0.2, -0.15) is 0 Å². The highest BCUT2D eigenvalue weighted by atomic mass is 79.9. The quantitative estimate of drug-likeness (QED) is 0.870. The number of rotatable bonds is 1. The summed E-state index contributed by atoms with van der Waals surface area (Å²) in [5, 5.41) is 0. The van der Waals surface area contributed by atoms with Gasteiger partial charge in [-0.3, -0.25) is 9.78 Å². The second-order valence-electron chi connectivity index (χ2n) is 4.03. The van der Waals surface area contributed by atoms with E-state index in [-0.39, 0.29) is 5.56 Å². The number of halogens is 1. The van der Waals surface area contributed by atoms with Crippen LogP contribution in [0, 0.1) is 0 Å². The number of hydrogen-bond acceptors (Lipinski definition) is 4. The number of aromatic amines is 1. The number of aromatic nitrogens is 3. The lowest BCUT2D eigenvalue weighted by atomic mass is 10.1. The summed E-state index contributed by atoms with van der Waals surface area (Å²) in [5.74, 6) is 0.550. The zero-order valence-electron chi connectivity index (χ0n) is 9.44. The van der Waals surface area contributed by atoms with Gasteiger partial charge in [0.1, 0.15) is 5.82 Å². The highest BCUT2D eigenvalue weighted by Gasteiger charge is 2.16. The van der Waals surface area contributed by atoms with Crippen LogP contribution in [0.25, 0.3) is 11.4 Å². The van der Waals surface area contributed by atoms with Crippen molar-refractivity contribution in [1.82, 2.24) is 15.0 Å². The predicted molar refractivity (Wildman–Crippen MR) is 69.1 cm³/mol. The minimum atomic E-state index is -0.130. The zero-order valence-corrected chi connectivity index (χ0v) is 11.0. The van der Waals surface area contributed by atoms with Gasteiger partial charge in [-0.15, -0.1) is 0 Å². The molecule has 0 saturated carbocycles. The monoisotopic (exact) mass is 307 g/mol. The summed E-state index contributed by atoms with van der Waals surface area (Å²) >= 11 is 3.35. The highest BCUT2D eigenvalue weighted by molar-refractivity contribution is 9.10. The van der Waals surface area contributed by atoms with E-state index in [1.807, 2.05) is 6.07 Å². The number of nitrogens with zero attached hydrogens (tertiary/aromatic N) is 2. The van der Waals surface area contributed by atoms with Crippen LogP contribution < -0.4 is 5.56 Å². The molecule has 5 nitrogen and oxygen atoms in total. The summed E-state index contributed by atoms with van der Waals surface area (Å²) in [5.41, 5.74) is 2.11. The molecule has 18 heavy (non-hydrogen) atoms. The van der Waals surface area contributed by atoms with Crippen LogP contribution in [-0.2, 0) is 17.8 Å². The number of fused-ring (bicyclic) bond motifs is 1. The fourth-order valence-corrected chi connectivity index (χ4v) is 2.29. The molecule has 0 fully saturated rings. The van der Waals surface area contributed by atoms with E-state index in [0.29, 0.717) is 31.0 Å². The third-order valence-electron chi connectivity index (χ3n) is 2.81. The van der Waals surface area contributed by atoms with E-state index in [1.54, 1.807) is 12.4 Å². The van der Waals surface area contributed by atoms with Gasteiger partial charge in [-0.1, -0.05) is 0 Å². The Bertz CT molecular complexity index is 654. The SMILES string of the molecule is O=c1[nH]c(-c2cncc(Br)c2)nc2c1COCC2. The van der Waals surface area contributed by atoms with Crippen LogP contribution >= 0.6 is 15.9 Å². The summed E-state index contributed by atoms with van der Waals surface area (Å²) in [6.45, 7) is 0.953. The maximum Gasteiger partial charge on any atom is 0.256 e. The number of hydrogen-bond donors (Lipinski definition) is 1. The molecule has 0 amide bonds. The van der Waals surface area contributed by atoms with Crippen molar-refractivity contribution in [3.05, 3.63) is 44.5 Å². The van der Waals surface area contributed by atoms with Crippen LogP contribution in [0.3, 0.4) is 0 Å². The Hall–Kier alpha value is -1.53. The Morgan fingerprint density at radius 3 is 3.11 bits per heavy atom. The Balaban J connectivity index is 2.14. The second kappa shape index (κ2) is 4.62. The van der Waals surface area contributed by atoms with Gasteiger partial charge < -0.3 is 9.72 Å². The molecular weight excluding hydrogens is 298 g/mol. The summed E-state index contributed by atoms with van der Waals surface area (Å²) < 4.78 is 6.11. The molecule has 0 radical (unpaired) electrons. The maximum absolute atomic E-state index is 11.9. The molecule has 6 heteroatoms. The highest BCUT2D eigenvalue weighted by Crippen LogP contribution is 2.19. The van der Waals surface area contributed by atoms with Crippen LogP contribution in [0.5, 0.6) is 0 Å². The predicted octanol–water partition coefficient (Wildman–Crippen LogP) is 1.67. The number of H-pyrrole nitrogens is 1. The number of ether oxygens (including phenoxy) is 1. The molecule has 3 heterocycles. The minimum absolute atomic E-state index is 0.130. The first kappa shape index (κ1) is 11.6. The zero-order chi connectivity index (χ0) is 12.5. The standard InChI is InChI=1S/C12H10BrN3O2/c13-8-3-7(4-14-5-8)11-15-10-1-2-18-6-9(10)12(17)16-11/h3-5H,1-2,6H2,(H,15,16,17). The average Bonchev–Trinajstić information content (AvgIpc) is 2.39. The Labute approximate surface area is 111 Å². The molecule has 0 unspecified atom stereocenters. The van der Waals surface area contributed by atoms with Crippen LogP contribution in [0.4, 0.5) is 0 Å². The molecule has 1 aliphatic rings. The van der Waals surface area contributed by atoms with Gasteiger partial charge in [0, 0.05) is 28.9 Å². The van der Waals surface area contributed by atoms with E-state index in [4.69, 9.17) is 4.74 Å². The fraction of sp³-hybridized carbons (Fsp3) is 0.250. The fourth-order valence-electron chi connectivity index (χ4n) is 1.92. The van der Waals surface area contributed by atoms with Gasteiger partial charge in [0.05, 0.1) is 24.5 Å². The molecule has 3 rings (SSSR count). The molecule has 0 bridgehead atoms. The topological polar surface area (TPSA) is 67.9 Å². The van der Waals surface area contributed by atoms with E-state index in [0.717, 1.165) is 15.7 Å². The van der Waals surface area contributed by atoms with Gasteiger partial charge in [0.15, 0.2) is 0 Å². The Kier molecular flexibility index (Phi) is 2.97. The smallest absolute Gasteiger partial charge is 0.256 e. The Morgan fingerprint density at radius 2 is 2.28 bits per heavy atom. The molecule has 0 spiro atoms. The molecule has 1 N–H and O–H groups in total. The van der Waals surface area contributed by atoms with E-state index in [9.17, 15) is 4.79 Å². The summed E-state index contributed by atoms with van der Waals surface area (Å²) in [7, 11) is 0. The first-order valence-electron chi connectivity index (χ1n) is 5.55. The van der Waals surface area contributed by atoms with Crippen molar-refractivity contribution in [2.45, 2.75) is 13.0 Å². The molecule has 0 saturated heterocycles. The van der Waals surface area contributed by atoms with Crippen molar-refractivity contribution in [2.75, 3.05) is 6.61 Å². The summed E-state index contributed by atoms with van der Waals surface area (Å²) in [6, 6.07) is 1.87. The van der Waals surface area contributed by atoms with Crippen LogP contribution in [0.15, 0.2) is 27.7 Å². The third kappa shape index (κ3) is 2.09. The average molecular weight is 308 g/mol. The molecule has 92 valence electrons. The lowest BCUT2D eigenvalue weighted by molar-refractivity contribution is 0.108. The van der Waals surface area contributed by atoms with Gasteiger partial charge >= 0.3 is 0 Å². The van der Waals surface area contributed by atoms with E-state index in [1.165, 1.54) is 0 Å². The maximum atomic E-state index is 11.9. The van der Waals surface area contributed by atoms with Crippen LogP contribution in [0.1, 0.15) is 11.3 Å². The van der Waals surface area contributed by atoms with Gasteiger partial charge in [0.25, 0.3) is 5.56 Å². The third-order valence-corrected chi connectivity index (χ3v) is 3.24. The van der Waals surface area contributed by atoms with E-state index in [2.05, 4.69) is 30.9 Å². The lowest BCUT2D eigenvalue weighted by Crippen LogP contribution is -2.24. The van der Waals surface area contributed by atoms with Crippen molar-refractivity contribution < 1.29 is 4.74 Å². The van der Waals surface area contributed by atoms with Crippen LogP contribution in [0.2, 0.25) is 0 Å². The molecule has 0 atom stereocenters. The normalized spacial score (nSPS) is 14.3. The molecule has 1 aliphatic heterocycles. The van der Waals surface area contributed by atoms with E-state index < -0.39 is 0 Å². The minimum Gasteiger partial charge on any atom is -0.376 e. The number of pyridine rings is 1. The molecule has 0 aliphatic carbocycles. The molecule has 2 aromatic rings. The lowest BCUT2D eigenvalue weighted by Gasteiger charge is -2.15. The van der Waals surface area contributed by atoms with Crippen molar-refractivity contribution in [2.24, 2.45) is 0 Å². The van der Waals surface area contributed by atoms with Crippen molar-refractivity contribution in [3.8, 4) is 11.4 Å². The largest absolute Gasteiger partial charge is 0.376 e. The van der Waals surface area contributed by atoms with E-state index >= 15 is 0 Å².